The topological polar surface area (TPSA) is 81.4 Å². The molecule has 6 nitrogen and oxygen atoms in total. The second-order valence-corrected chi connectivity index (χ2v) is 7.55. The minimum absolute atomic E-state index is 0.00550. The fraction of sp³-hybridized carbons (Fsp3) is 0.286. The number of aromatic nitrogens is 2. The number of ether oxygens (including phenoxy) is 1. The number of hydrogen-bond donors (Lipinski definition) is 1. The van der Waals surface area contributed by atoms with E-state index in [4.69, 9.17) is 4.74 Å². The third kappa shape index (κ3) is 2.15. The Morgan fingerprint density at radius 2 is 1.93 bits per heavy atom. The Morgan fingerprint density at radius 3 is 2.63 bits per heavy atom. The molecule has 0 unspecified atom stereocenters. The van der Waals surface area contributed by atoms with Gasteiger partial charge in [-0.05, 0) is 25.0 Å². The summed E-state index contributed by atoms with van der Waals surface area (Å²) < 4.78 is 48.4. The summed E-state index contributed by atoms with van der Waals surface area (Å²) in [5.74, 6) is -5.13. The van der Waals surface area contributed by atoms with Crippen molar-refractivity contribution in [3.05, 3.63) is 62.2 Å². The fourth-order valence-corrected chi connectivity index (χ4v) is 4.36. The molecule has 9 heteroatoms. The van der Waals surface area contributed by atoms with Crippen molar-refractivity contribution >= 4 is 16.9 Å². The first-order valence-corrected chi connectivity index (χ1v) is 9.32. The maximum Gasteiger partial charge on any atom is 0.343 e. The summed E-state index contributed by atoms with van der Waals surface area (Å²) >= 11 is 0. The molecule has 0 spiro atoms. The first kappa shape index (κ1) is 18.8. The van der Waals surface area contributed by atoms with E-state index in [2.05, 4.69) is 4.98 Å². The smallest absolute Gasteiger partial charge is 0.343 e. The van der Waals surface area contributed by atoms with E-state index in [1.807, 2.05) is 0 Å². The van der Waals surface area contributed by atoms with Crippen LogP contribution in [0, 0.1) is 24.4 Å². The number of hydrogen-bond acceptors (Lipinski definition) is 5. The van der Waals surface area contributed by atoms with Crippen LogP contribution in [0.5, 0.6) is 0 Å². The molecule has 4 heterocycles. The van der Waals surface area contributed by atoms with Crippen molar-refractivity contribution in [3.63, 3.8) is 0 Å². The molecule has 5 rings (SSSR count). The van der Waals surface area contributed by atoms with Gasteiger partial charge < -0.3 is 14.4 Å². The summed E-state index contributed by atoms with van der Waals surface area (Å²) in [7, 11) is 0. The van der Waals surface area contributed by atoms with E-state index in [0.717, 1.165) is 6.07 Å². The molecule has 3 aromatic rings. The Morgan fingerprint density at radius 1 is 1.20 bits per heavy atom. The van der Waals surface area contributed by atoms with Crippen LogP contribution in [-0.4, -0.2) is 20.6 Å². The lowest BCUT2D eigenvalue weighted by atomic mass is 9.86. The van der Waals surface area contributed by atoms with Gasteiger partial charge in [0.1, 0.15) is 6.61 Å². The van der Waals surface area contributed by atoms with E-state index >= 15 is 0 Å². The highest BCUT2D eigenvalue weighted by molar-refractivity contribution is 5.89. The zero-order chi connectivity index (χ0) is 21.5. The van der Waals surface area contributed by atoms with E-state index in [9.17, 15) is 27.9 Å². The van der Waals surface area contributed by atoms with E-state index in [-0.39, 0.29) is 41.6 Å². The van der Waals surface area contributed by atoms with Crippen molar-refractivity contribution < 1.29 is 27.8 Å². The standard InChI is InChI=1S/C21H15F3N2O4/c1-3-21(29)11-4-14-18-9(6-26(14)19(27)10(11)7-30-20(21)28)8(2)15-13(25-18)5-12(22)16(23)17(15)24/h4-5,29H,3,6-7H2,1-2H3/t21-/m0/s1. The number of aliphatic hydroxyl groups is 1. The lowest BCUT2D eigenvalue weighted by Gasteiger charge is -2.31. The highest BCUT2D eigenvalue weighted by atomic mass is 19.2. The molecular formula is C21H15F3N2O4. The second kappa shape index (κ2) is 5.91. The number of halogens is 3. The molecule has 0 saturated carbocycles. The van der Waals surface area contributed by atoms with Crippen LogP contribution in [0.25, 0.3) is 22.3 Å². The summed E-state index contributed by atoms with van der Waals surface area (Å²) in [5.41, 5.74) is -0.814. The van der Waals surface area contributed by atoms with Crippen LogP contribution in [0.4, 0.5) is 13.2 Å². The summed E-state index contributed by atoms with van der Waals surface area (Å²) in [5, 5.41) is 10.7. The lowest BCUT2D eigenvalue weighted by molar-refractivity contribution is -0.172. The molecular weight excluding hydrogens is 401 g/mol. The van der Waals surface area contributed by atoms with Gasteiger partial charge >= 0.3 is 5.97 Å². The Labute approximate surface area is 167 Å². The predicted octanol–water partition coefficient (Wildman–Crippen LogP) is 2.81. The number of carbonyl (C=O) groups excluding carboxylic acids is 1. The van der Waals surface area contributed by atoms with Gasteiger partial charge in [-0.1, -0.05) is 6.92 Å². The SMILES string of the molecule is CC[C@@]1(O)C(=O)OCc2c1cc1n(c2=O)Cc2c-1nc1cc(F)c(F)c(F)c1c2C. The molecule has 0 radical (unpaired) electrons. The van der Waals surface area contributed by atoms with Gasteiger partial charge in [0.25, 0.3) is 5.56 Å². The Balaban J connectivity index is 1.85. The normalized spacial score (nSPS) is 19.5. The van der Waals surface area contributed by atoms with Crippen LogP contribution in [0.15, 0.2) is 16.9 Å². The molecule has 154 valence electrons. The molecule has 2 aromatic heterocycles. The van der Waals surface area contributed by atoms with Crippen LogP contribution in [0.3, 0.4) is 0 Å². The van der Waals surface area contributed by atoms with Gasteiger partial charge in [-0.25, -0.2) is 22.9 Å². The summed E-state index contributed by atoms with van der Waals surface area (Å²) in [6.45, 7) is 2.91. The number of nitrogens with zero attached hydrogens (tertiary/aromatic N) is 2. The monoisotopic (exact) mass is 416 g/mol. The maximum absolute atomic E-state index is 14.4. The number of pyridine rings is 2. The number of fused-ring (bicyclic) bond motifs is 5. The zero-order valence-electron chi connectivity index (χ0n) is 16.0. The molecule has 0 bridgehead atoms. The molecule has 1 atom stereocenters. The van der Waals surface area contributed by atoms with Crippen molar-refractivity contribution in [2.24, 2.45) is 0 Å². The molecule has 0 saturated heterocycles. The van der Waals surface area contributed by atoms with Gasteiger partial charge in [0.05, 0.1) is 29.0 Å². The molecule has 30 heavy (non-hydrogen) atoms. The van der Waals surface area contributed by atoms with Crippen LogP contribution in [0.2, 0.25) is 0 Å². The largest absolute Gasteiger partial charge is 0.458 e. The minimum atomic E-state index is -1.97. The first-order valence-electron chi connectivity index (χ1n) is 9.32. The van der Waals surface area contributed by atoms with Crippen molar-refractivity contribution in [1.82, 2.24) is 9.55 Å². The van der Waals surface area contributed by atoms with Crippen molar-refractivity contribution in [1.29, 1.82) is 0 Å². The van der Waals surface area contributed by atoms with Crippen LogP contribution < -0.4 is 5.56 Å². The average Bonchev–Trinajstić information content (AvgIpc) is 3.09. The molecule has 1 aromatic carbocycles. The van der Waals surface area contributed by atoms with Gasteiger partial charge in [0, 0.05) is 22.6 Å². The summed E-state index contributed by atoms with van der Waals surface area (Å²) in [4.78, 5) is 29.6. The highest BCUT2D eigenvalue weighted by Crippen LogP contribution is 2.40. The van der Waals surface area contributed by atoms with Gasteiger partial charge in [-0.3, -0.25) is 4.79 Å². The Hall–Kier alpha value is -3.20. The maximum atomic E-state index is 14.4. The number of rotatable bonds is 1. The van der Waals surface area contributed by atoms with Gasteiger partial charge in [-0.2, -0.15) is 0 Å². The van der Waals surface area contributed by atoms with Crippen LogP contribution >= 0.6 is 0 Å². The highest BCUT2D eigenvalue weighted by Gasteiger charge is 2.45. The predicted molar refractivity (Wildman–Crippen MR) is 99.1 cm³/mol. The van der Waals surface area contributed by atoms with E-state index in [1.165, 1.54) is 10.6 Å². The Bertz CT molecular complexity index is 1370. The average molecular weight is 416 g/mol. The van der Waals surface area contributed by atoms with Crippen molar-refractivity contribution in [3.8, 4) is 11.4 Å². The van der Waals surface area contributed by atoms with E-state index in [0.29, 0.717) is 22.5 Å². The molecule has 0 amide bonds. The minimum Gasteiger partial charge on any atom is -0.458 e. The first-order chi connectivity index (χ1) is 14.2. The van der Waals surface area contributed by atoms with Crippen LogP contribution in [-0.2, 0) is 28.3 Å². The van der Waals surface area contributed by atoms with Gasteiger partial charge in [-0.15, -0.1) is 0 Å². The number of aryl methyl sites for hydroxylation is 1. The number of cyclic esters (lactones) is 1. The number of benzene rings is 1. The van der Waals surface area contributed by atoms with E-state index in [1.54, 1.807) is 13.8 Å². The third-order valence-corrected chi connectivity index (χ3v) is 6.09. The number of esters is 1. The van der Waals surface area contributed by atoms with Crippen LogP contribution in [0.1, 0.15) is 35.6 Å². The van der Waals surface area contributed by atoms with Crippen molar-refractivity contribution in [2.75, 3.05) is 0 Å². The van der Waals surface area contributed by atoms with Gasteiger partial charge in [0.15, 0.2) is 23.1 Å². The fourth-order valence-electron chi connectivity index (χ4n) is 4.36. The summed E-state index contributed by atoms with van der Waals surface area (Å²) in [6.07, 6.45) is -0.00550. The zero-order valence-corrected chi connectivity index (χ0v) is 16.0. The molecule has 0 fully saturated rings. The van der Waals surface area contributed by atoms with E-state index < -0.39 is 34.6 Å². The molecule has 0 aliphatic carbocycles. The van der Waals surface area contributed by atoms with Crippen molar-refractivity contribution in [2.45, 2.75) is 39.0 Å². The number of carbonyl (C=O) groups is 1. The Kier molecular flexibility index (Phi) is 3.71. The summed E-state index contributed by atoms with van der Waals surface area (Å²) in [6, 6.07) is 2.31. The van der Waals surface area contributed by atoms with Gasteiger partial charge in [0.2, 0.25) is 0 Å². The quantitative estimate of drug-likeness (QED) is 0.381. The molecule has 2 aliphatic rings. The molecule has 1 N–H and O–H groups in total. The lowest BCUT2D eigenvalue weighted by Crippen LogP contribution is -2.44. The molecule has 2 aliphatic heterocycles. The second-order valence-electron chi connectivity index (χ2n) is 7.55. The third-order valence-electron chi connectivity index (χ3n) is 6.09.